The zero-order chi connectivity index (χ0) is 45.1. The predicted octanol–water partition coefficient (Wildman–Crippen LogP) is 7.19. The highest BCUT2D eigenvalue weighted by atomic mass is 16.6. The third-order valence-corrected chi connectivity index (χ3v) is 9.84. The van der Waals surface area contributed by atoms with Gasteiger partial charge in [0.25, 0.3) is 0 Å². The number of nitrogens with one attached hydrogen (secondary N) is 5. The Hall–Kier alpha value is -5.80. The Morgan fingerprint density at radius 1 is 0.774 bits per heavy atom. The fourth-order valence-electron chi connectivity index (χ4n) is 6.91. The molecule has 15 heteroatoms. The van der Waals surface area contributed by atoms with Crippen LogP contribution in [0.25, 0.3) is 0 Å². The first kappa shape index (κ1) is 48.9. The zero-order valence-electron chi connectivity index (χ0n) is 37.0. The van der Waals surface area contributed by atoms with Gasteiger partial charge in [-0.15, -0.1) is 0 Å². The molecule has 1 aliphatic carbocycles. The van der Waals surface area contributed by atoms with Crippen LogP contribution in [0.5, 0.6) is 0 Å². The third kappa shape index (κ3) is 16.9. The smallest absolute Gasteiger partial charge is 0.407 e. The van der Waals surface area contributed by atoms with E-state index in [4.69, 9.17) is 20.2 Å². The molecule has 1 aromatic carbocycles. The van der Waals surface area contributed by atoms with Gasteiger partial charge in [-0.3, -0.25) is 14.6 Å². The number of unbranched alkanes of at least 4 members (excludes halogenated alkanes) is 2. The number of aromatic nitrogens is 2. The SMILES string of the molecule is CC(C)(C)OC(=O)NCCCC[C@@H](N)C(=O)N[C@H](CCCCNC(=O)OC(C)(C)C)C(=O)Nc1ccccc1C(Nc1ccccn1)C(c1ccccn1)C(O)C1=CC=CCC1. The lowest BCUT2D eigenvalue weighted by atomic mass is 9.80. The third-order valence-electron chi connectivity index (χ3n) is 9.84. The molecular weight excluding hydrogens is 789 g/mol. The summed E-state index contributed by atoms with van der Waals surface area (Å²) in [6.07, 6.45) is 11.5. The van der Waals surface area contributed by atoms with Crippen molar-refractivity contribution in [3.05, 3.63) is 108 Å². The lowest BCUT2D eigenvalue weighted by Gasteiger charge is -2.34. The summed E-state index contributed by atoms with van der Waals surface area (Å²) < 4.78 is 10.6. The number of nitrogens with zero attached hydrogens (tertiary/aromatic N) is 2. The number of pyridine rings is 2. The Balaban J connectivity index is 1.57. The number of aliphatic hydroxyl groups excluding tert-OH is 1. The minimum absolute atomic E-state index is 0.245. The number of alkyl carbamates (subject to hydrolysis) is 2. The van der Waals surface area contributed by atoms with Crippen LogP contribution in [0.15, 0.2) is 96.9 Å². The van der Waals surface area contributed by atoms with Gasteiger partial charge in [-0.2, -0.15) is 0 Å². The molecule has 5 atom stereocenters. The lowest BCUT2D eigenvalue weighted by molar-refractivity contribution is -0.127. The summed E-state index contributed by atoms with van der Waals surface area (Å²) in [6, 6.07) is 15.9. The highest BCUT2D eigenvalue weighted by Crippen LogP contribution is 2.41. The van der Waals surface area contributed by atoms with Crippen LogP contribution in [0.4, 0.5) is 21.1 Å². The Kier molecular flexibility index (Phi) is 18.9. The number of ether oxygens (including phenoxy) is 2. The summed E-state index contributed by atoms with van der Waals surface area (Å²) in [5.74, 6) is -1.03. The van der Waals surface area contributed by atoms with Gasteiger partial charge in [0.05, 0.1) is 24.1 Å². The van der Waals surface area contributed by atoms with E-state index >= 15 is 0 Å². The van der Waals surface area contributed by atoms with E-state index in [1.54, 1.807) is 66.1 Å². The molecule has 8 N–H and O–H groups in total. The maximum atomic E-state index is 14.4. The molecule has 2 heterocycles. The first-order valence-corrected chi connectivity index (χ1v) is 21.5. The van der Waals surface area contributed by atoms with Crippen molar-refractivity contribution in [1.82, 2.24) is 25.9 Å². The summed E-state index contributed by atoms with van der Waals surface area (Å²) >= 11 is 0. The number of carbonyl (C=O) groups excluding carboxylic acids is 4. The number of carbonyl (C=O) groups is 4. The number of rotatable bonds is 21. The van der Waals surface area contributed by atoms with Gasteiger partial charge in [-0.25, -0.2) is 14.6 Å². The van der Waals surface area contributed by atoms with E-state index in [1.165, 1.54) is 0 Å². The van der Waals surface area contributed by atoms with Crippen molar-refractivity contribution in [3.63, 3.8) is 0 Å². The van der Waals surface area contributed by atoms with E-state index in [1.807, 2.05) is 60.7 Å². The van der Waals surface area contributed by atoms with Gasteiger partial charge >= 0.3 is 12.2 Å². The molecule has 62 heavy (non-hydrogen) atoms. The fourth-order valence-corrected chi connectivity index (χ4v) is 6.91. The molecule has 0 radical (unpaired) electrons. The van der Waals surface area contributed by atoms with E-state index in [0.717, 1.165) is 12.0 Å². The van der Waals surface area contributed by atoms with Crippen molar-refractivity contribution in [2.75, 3.05) is 23.7 Å². The maximum Gasteiger partial charge on any atom is 0.407 e. The normalized spacial score (nSPS) is 15.1. The van der Waals surface area contributed by atoms with Crippen molar-refractivity contribution < 1.29 is 33.8 Å². The first-order valence-electron chi connectivity index (χ1n) is 21.5. The molecule has 4 rings (SSSR count). The van der Waals surface area contributed by atoms with Crippen molar-refractivity contribution >= 4 is 35.5 Å². The summed E-state index contributed by atoms with van der Waals surface area (Å²) in [5.41, 5.74) is 7.72. The van der Waals surface area contributed by atoms with Crippen molar-refractivity contribution in [1.29, 1.82) is 0 Å². The van der Waals surface area contributed by atoms with Gasteiger partial charge in [0, 0.05) is 36.9 Å². The van der Waals surface area contributed by atoms with Crippen LogP contribution < -0.4 is 32.3 Å². The molecule has 336 valence electrons. The zero-order valence-corrected chi connectivity index (χ0v) is 37.0. The summed E-state index contributed by atoms with van der Waals surface area (Å²) in [5, 5.41) is 27.2. The standard InChI is InChI=1S/C47H66N8O7/c1-46(2,3)61-44(59)51-30-16-12-23-34(48)42(57)54-37(26-14-18-31-52-45(60)62-47(4,5)6)43(58)53-35-24-11-10-22-33(35)40(55-38-27-15-19-29-50-38)39(36-25-13-17-28-49-36)41(56)32-20-8-7-9-21-32/h7-8,10-11,13,15,17,19-20,22,24-25,27-29,34,37,39-41,56H,9,12,14,16,18,21,23,26,30-31,48H2,1-6H3,(H,50,55)(H,51,59)(H,52,60)(H,53,58)(H,54,57)/t34-,37-,39?,40?,41?/m1/s1. The summed E-state index contributed by atoms with van der Waals surface area (Å²) in [4.78, 5) is 61.5. The van der Waals surface area contributed by atoms with Gasteiger partial charge in [0.1, 0.15) is 23.1 Å². The van der Waals surface area contributed by atoms with Crippen LogP contribution in [-0.4, -0.2) is 81.6 Å². The van der Waals surface area contributed by atoms with E-state index in [2.05, 4.69) is 37.6 Å². The molecule has 15 nitrogen and oxygen atoms in total. The number of amides is 4. The average Bonchev–Trinajstić information content (AvgIpc) is 3.22. The minimum Gasteiger partial charge on any atom is -0.444 e. The largest absolute Gasteiger partial charge is 0.444 e. The number of aliphatic hydroxyl groups is 1. The van der Waals surface area contributed by atoms with E-state index in [-0.39, 0.29) is 6.42 Å². The molecule has 0 fully saturated rings. The van der Waals surface area contributed by atoms with E-state index in [9.17, 15) is 24.3 Å². The second-order valence-corrected chi connectivity index (χ2v) is 17.4. The van der Waals surface area contributed by atoms with Gasteiger partial charge < -0.3 is 46.9 Å². The van der Waals surface area contributed by atoms with Gasteiger partial charge in [0.15, 0.2) is 0 Å². The minimum atomic E-state index is -0.990. The Labute approximate surface area is 366 Å². The predicted molar refractivity (Wildman–Crippen MR) is 241 cm³/mol. The van der Waals surface area contributed by atoms with E-state index in [0.29, 0.717) is 74.4 Å². The van der Waals surface area contributed by atoms with Crippen LogP contribution in [0.2, 0.25) is 0 Å². The Morgan fingerprint density at radius 3 is 1.97 bits per heavy atom. The average molecular weight is 855 g/mol. The monoisotopic (exact) mass is 855 g/mol. The van der Waals surface area contributed by atoms with Crippen molar-refractivity contribution in [3.8, 4) is 0 Å². The molecule has 0 bridgehead atoms. The molecule has 4 amide bonds. The second-order valence-electron chi connectivity index (χ2n) is 17.4. The van der Waals surface area contributed by atoms with Crippen LogP contribution in [-0.2, 0) is 19.1 Å². The van der Waals surface area contributed by atoms with Gasteiger partial charge in [-0.1, -0.05) is 48.6 Å². The molecule has 0 saturated carbocycles. The van der Waals surface area contributed by atoms with Crippen LogP contribution >= 0.6 is 0 Å². The fraction of sp³-hybridized carbons (Fsp3) is 0.489. The van der Waals surface area contributed by atoms with Crippen molar-refractivity contribution in [2.45, 2.75) is 134 Å². The number of hydrogen-bond donors (Lipinski definition) is 7. The molecule has 2 aromatic heterocycles. The van der Waals surface area contributed by atoms with Gasteiger partial charge in [0.2, 0.25) is 11.8 Å². The molecular formula is C47H66N8O7. The first-order chi connectivity index (χ1) is 29.5. The second kappa shape index (κ2) is 24.0. The number of anilines is 2. The highest BCUT2D eigenvalue weighted by molar-refractivity contribution is 5.98. The topological polar surface area (TPSA) is 219 Å². The molecule has 0 aliphatic heterocycles. The van der Waals surface area contributed by atoms with Crippen LogP contribution in [0, 0.1) is 0 Å². The number of nitrogens with two attached hydrogens (primary N) is 1. The number of hydrogen-bond acceptors (Lipinski definition) is 11. The molecule has 0 saturated heterocycles. The number of allylic oxidation sites excluding steroid dienone is 3. The Morgan fingerprint density at radius 2 is 1.39 bits per heavy atom. The molecule has 0 spiro atoms. The highest BCUT2D eigenvalue weighted by Gasteiger charge is 2.36. The maximum absolute atomic E-state index is 14.4. The molecule has 3 unspecified atom stereocenters. The van der Waals surface area contributed by atoms with E-state index < -0.39 is 65.4 Å². The quantitative estimate of drug-likeness (QED) is 0.0532. The summed E-state index contributed by atoms with van der Waals surface area (Å²) in [7, 11) is 0. The number of para-hydroxylation sites is 1. The van der Waals surface area contributed by atoms with Crippen molar-refractivity contribution in [2.24, 2.45) is 5.73 Å². The van der Waals surface area contributed by atoms with Crippen LogP contribution in [0.3, 0.4) is 0 Å². The Bertz CT molecular complexity index is 1950. The summed E-state index contributed by atoms with van der Waals surface area (Å²) in [6.45, 7) is 11.4. The lowest BCUT2D eigenvalue weighted by Crippen LogP contribution is -2.50. The molecule has 1 aliphatic rings. The van der Waals surface area contributed by atoms with Crippen LogP contribution in [0.1, 0.15) is 116 Å². The molecule has 3 aromatic rings. The van der Waals surface area contributed by atoms with Gasteiger partial charge in [-0.05, 0) is 134 Å². The number of benzene rings is 1.